The lowest BCUT2D eigenvalue weighted by molar-refractivity contribution is -0.660. The van der Waals surface area contributed by atoms with E-state index in [1.54, 1.807) is 0 Å². The molecule has 2 aromatic heterocycles. The Hall–Kier alpha value is -4.88. The second kappa shape index (κ2) is 8.85. The third-order valence-corrected chi connectivity index (χ3v) is 8.29. The number of nitrogens with zero attached hydrogens (tertiary/aromatic N) is 3. The largest absolute Gasteiger partial charge is 0.454 e. The zero-order valence-corrected chi connectivity index (χ0v) is 22.3. The normalized spacial score (nSPS) is 14.6. The Morgan fingerprint density at radius 3 is 2.31 bits per heavy atom. The second-order valence-electron chi connectivity index (χ2n) is 10.5. The van der Waals surface area contributed by atoms with Gasteiger partial charge in [0.25, 0.3) is 0 Å². The summed E-state index contributed by atoms with van der Waals surface area (Å²) in [5.74, 6) is 0. The highest BCUT2D eigenvalue weighted by atomic mass is 16.3. The van der Waals surface area contributed by atoms with Crippen LogP contribution in [0.3, 0.4) is 0 Å². The fraction of sp³-hybridized carbons (Fsp3) is 0.143. The number of nitriles is 1. The standard InChI is InChI=1S/C35H28N3O/c1-22-11-17-27-28-18-16-26(21-36)33(35(28)39-34(27)32(22)30-10-6-7-19-37(30)2)24-14-12-23(13-15-24)31-20-25-8-4-5-9-29(25)38(31)3/h4-19,31H,20H2,1-3H3/q+1. The number of aromatic nitrogens is 1. The van der Waals surface area contributed by atoms with Crippen LogP contribution >= 0.6 is 0 Å². The summed E-state index contributed by atoms with van der Waals surface area (Å²) in [5.41, 5.74) is 11.3. The number of likely N-dealkylation sites (N-methyl/N-ethyl adjacent to an activating group) is 1. The molecule has 0 saturated heterocycles. The molecule has 6 aromatic rings. The molecule has 1 aliphatic heterocycles. The number of hydrogen-bond acceptors (Lipinski definition) is 3. The number of anilines is 1. The Morgan fingerprint density at radius 1 is 0.846 bits per heavy atom. The van der Waals surface area contributed by atoms with E-state index >= 15 is 0 Å². The SMILES string of the molecule is Cc1ccc2c(oc3c(-c4ccc(C5Cc6ccccc6N5C)cc4)c(C#N)ccc32)c1-c1cccc[n+]1C. The summed E-state index contributed by atoms with van der Waals surface area (Å²) in [7, 11) is 4.22. The molecule has 1 atom stereocenters. The first-order valence-corrected chi connectivity index (χ1v) is 13.3. The first-order chi connectivity index (χ1) is 19.0. The molecule has 1 aliphatic rings. The van der Waals surface area contributed by atoms with E-state index in [2.05, 4.69) is 116 Å². The summed E-state index contributed by atoms with van der Waals surface area (Å²) in [6.45, 7) is 2.12. The minimum atomic E-state index is 0.297. The Morgan fingerprint density at radius 2 is 1.56 bits per heavy atom. The van der Waals surface area contributed by atoms with Crippen LogP contribution in [-0.4, -0.2) is 7.05 Å². The van der Waals surface area contributed by atoms with Gasteiger partial charge in [-0.05, 0) is 59.9 Å². The van der Waals surface area contributed by atoms with Crippen LogP contribution < -0.4 is 9.47 Å². The molecule has 3 heterocycles. The van der Waals surface area contributed by atoms with Crippen LogP contribution in [0.4, 0.5) is 5.69 Å². The van der Waals surface area contributed by atoms with Crippen molar-refractivity contribution in [3.05, 3.63) is 119 Å². The molecule has 0 aliphatic carbocycles. The van der Waals surface area contributed by atoms with Gasteiger partial charge in [-0.2, -0.15) is 5.26 Å². The van der Waals surface area contributed by atoms with E-state index in [4.69, 9.17) is 4.42 Å². The van der Waals surface area contributed by atoms with Gasteiger partial charge in [-0.25, -0.2) is 4.57 Å². The van der Waals surface area contributed by atoms with Crippen molar-refractivity contribution >= 4 is 27.6 Å². The van der Waals surface area contributed by atoms with Gasteiger partial charge in [0.15, 0.2) is 6.20 Å². The van der Waals surface area contributed by atoms with Crippen molar-refractivity contribution in [3.8, 4) is 28.5 Å². The van der Waals surface area contributed by atoms with E-state index in [1.807, 2.05) is 18.2 Å². The maximum atomic E-state index is 10.1. The Kier molecular flexibility index (Phi) is 5.28. The smallest absolute Gasteiger partial charge is 0.216 e. The number of pyridine rings is 1. The van der Waals surface area contributed by atoms with Gasteiger partial charge in [-0.15, -0.1) is 0 Å². The van der Waals surface area contributed by atoms with Gasteiger partial charge >= 0.3 is 0 Å². The van der Waals surface area contributed by atoms with Gasteiger partial charge < -0.3 is 9.32 Å². The number of benzene rings is 4. The summed E-state index contributed by atoms with van der Waals surface area (Å²) >= 11 is 0. The maximum absolute atomic E-state index is 10.1. The monoisotopic (exact) mass is 506 g/mol. The lowest BCUT2D eigenvalue weighted by Gasteiger charge is -2.23. The van der Waals surface area contributed by atoms with Crippen molar-refractivity contribution in [3.63, 3.8) is 0 Å². The van der Waals surface area contributed by atoms with Crippen molar-refractivity contribution in [2.45, 2.75) is 19.4 Å². The molecule has 0 bridgehead atoms. The average molecular weight is 507 g/mol. The Labute approximate surface area is 228 Å². The van der Waals surface area contributed by atoms with Crippen molar-refractivity contribution < 1.29 is 8.98 Å². The third kappa shape index (κ3) is 3.55. The van der Waals surface area contributed by atoms with E-state index in [-0.39, 0.29) is 0 Å². The lowest BCUT2D eigenvalue weighted by Crippen LogP contribution is -2.30. The Bertz CT molecular complexity index is 1940. The number of furan rings is 1. The first-order valence-electron chi connectivity index (χ1n) is 13.3. The van der Waals surface area contributed by atoms with E-state index in [0.29, 0.717) is 11.6 Å². The molecule has 0 amide bonds. The van der Waals surface area contributed by atoms with Crippen LogP contribution in [-0.2, 0) is 13.5 Å². The highest BCUT2D eigenvalue weighted by molar-refractivity contribution is 6.14. The molecule has 188 valence electrons. The van der Waals surface area contributed by atoms with Crippen molar-refractivity contribution in [2.75, 3.05) is 11.9 Å². The zero-order chi connectivity index (χ0) is 26.7. The number of aryl methyl sites for hydroxylation is 2. The summed E-state index contributed by atoms with van der Waals surface area (Å²) < 4.78 is 8.84. The third-order valence-electron chi connectivity index (χ3n) is 8.29. The molecule has 0 fully saturated rings. The predicted molar refractivity (Wildman–Crippen MR) is 157 cm³/mol. The minimum absolute atomic E-state index is 0.297. The summed E-state index contributed by atoms with van der Waals surface area (Å²) in [6.07, 6.45) is 3.05. The van der Waals surface area contributed by atoms with Gasteiger partial charge in [0.2, 0.25) is 5.69 Å². The molecule has 4 aromatic carbocycles. The molecule has 0 N–H and O–H groups in total. The Balaban J connectivity index is 1.38. The van der Waals surface area contributed by atoms with Crippen LogP contribution in [0.2, 0.25) is 0 Å². The van der Waals surface area contributed by atoms with Gasteiger partial charge in [0.1, 0.15) is 18.2 Å². The maximum Gasteiger partial charge on any atom is 0.216 e. The van der Waals surface area contributed by atoms with E-state index < -0.39 is 0 Å². The average Bonchev–Trinajstić information content (AvgIpc) is 3.51. The first kappa shape index (κ1) is 23.3. The van der Waals surface area contributed by atoms with Crippen LogP contribution in [0.25, 0.3) is 44.3 Å². The zero-order valence-electron chi connectivity index (χ0n) is 22.3. The fourth-order valence-electron chi connectivity index (χ4n) is 6.24. The molecular weight excluding hydrogens is 478 g/mol. The van der Waals surface area contributed by atoms with Crippen LogP contribution in [0.5, 0.6) is 0 Å². The quantitative estimate of drug-likeness (QED) is 0.232. The molecular formula is C35H28N3O+. The van der Waals surface area contributed by atoms with Crippen molar-refractivity contribution in [1.29, 1.82) is 5.26 Å². The molecule has 0 radical (unpaired) electrons. The minimum Gasteiger partial charge on any atom is -0.454 e. The molecule has 4 heteroatoms. The number of rotatable bonds is 3. The van der Waals surface area contributed by atoms with Crippen molar-refractivity contribution in [1.82, 2.24) is 0 Å². The highest BCUT2D eigenvalue weighted by Gasteiger charge is 2.28. The number of fused-ring (bicyclic) bond motifs is 4. The van der Waals surface area contributed by atoms with Crippen LogP contribution in [0, 0.1) is 18.3 Å². The molecule has 0 saturated carbocycles. The molecule has 7 rings (SSSR count). The van der Waals surface area contributed by atoms with Gasteiger partial charge in [0, 0.05) is 41.2 Å². The lowest BCUT2D eigenvalue weighted by atomic mass is 9.94. The summed E-state index contributed by atoms with van der Waals surface area (Å²) in [5, 5.41) is 12.2. The number of para-hydroxylation sites is 1. The van der Waals surface area contributed by atoms with Crippen molar-refractivity contribution in [2.24, 2.45) is 7.05 Å². The molecule has 0 spiro atoms. The highest BCUT2D eigenvalue weighted by Crippen LogP contribution is 2.43. The number of hydrogen-bond donors (Lipinski definition) is 0. The van der Waals surface area contributed by atoms with Crippen LogP contribution in [0.15, 0.2) is 102 Å². The van der Waals surface area contributed by atoms with E-state index in [9.17, 15) is 5.26 Å². The fourth-order valence-corrected chi connectivity index (χ4v) is 6.24. The van der Waals surface area contributed by atoms with Crippen LogP contribution in [0.1, 0.15) is 28.3 Å². The summed E-state index contributed by atoms with van der Waals surface area (Å²) in [6, 6.07) is 34.4. The topological polar surface area (TPSA) is 44.1 Å². The van der Waals surface area contributed by atoms with Gasteiger partial charge in [0.05, 0.1) is 23.2 Å². The van der Waals surface area contributed by atoms with Gasteiger partial charge in [-0.1, -0.05) is 54.6 Å². The van der Waals surface area contributed by atoms with Gasteiger partial charge in [-0.3, -0.25) is 0 Å². The molecule has 39 heavy (non-hydrogen) atoms. The molecule has 4 nitrogen and oxygen atoms in total. The van der Waals surface area contributed by atoms with E-state index in [1.165, 1.54) is 16.8 Å². The predicted octanol–water partition coefficient (Wildman–Crippen LogP) is 7.66. The second-order valence-corrected chi connectivity index (χ2v) is 10.5. The summed E-state index contributed by atoms with van der Waals surface area (Å²) in [4.78, 5) is 2.36. The van der Waals surface area contributed by atoms with E-state index in [0.717, 1.165) is 56.3 Å². The molecule has 1 unspecified atom stereocenters.